The van der Waals surface area contributed by atoms with Crippen LogP contribution in [0.15, 0.2) is 48.5 Å². The summed E-state index contributed by atoms with van der Waals surface area (Å²) >= 11 is 0. The van der Waals surface area contributed by atoms with E-state index in [-0.39, 0.29) is 43.5 Å². The number of aliphatic hydroxyl groups is 1. The van der Waals surface area contributed by atoms with Gasteiger partial charge in [-0.05, 0) is 41.0 Å². The lowest BCUT2D eigenvalue weighted by molar-refractivity contribution is -0.182. The number of carboxylic acid groups (broad SMARTS) is 1. The summed E-state index contributed by atoms with van der Waals surface area (Å²) in [6.45, 7) is -0.0828. The molecule has 172 valence electrons. The number of amides is 2. The molecular weight excluding hydrogens is 424 g/mol. The summed E-state index contributed by atoms with van der Waals surface area (Å²) in [5.41, 5.74) is 2.86. The van der Waals surface area contributed by atoms with Gasteiger partial charge in [0, 0.05) is 18.4 Å². The van der Waals surface area contributed by atoms with Crippen molar-refractivity contribution in [3.8, 4) is 11.1 Å². The summed E-state index contributed by atoms with van der Waals surface area (Å²) in [6, 6.07) is 16.3. The Balaban J connectivity index is 1.07. The van der Waals surface area contributed by atoms with Crippen LogP contribution in [0.3, 0.4) is 0 Å². The van der Waals surface area contributed by atoms with Gasteiger partial charge in [0.05, 0.1) is 13.1 Å². The number of nitrogens with zero attached hydrogens (tertiary/aromatic N) is 1. The average molecular weight is 450 g/mol. The molecular formula is C25H26N2O6. The molecule has 0 atom stereocenters. The lowest BCUT2D eigenvalue weighted by Gasteiger charge is -2.44. The Bertz CT molecular complexity index is 1060. The minimum Gasteiger partial charge on any atom is -0.479 e. The molecule has 2 aromatic rings. The molecule has 8 nitrogen and oxygen atoms in total. The number of carbonyl (C=O) groups excluding carboxylic acids is 2. The van der Waals surface area contributed by atoms with Crippen molar-refractivity contribution < 1.29 is 29.3 Å². The molecule has 1 aliphatic heterocycles. The third-order valence-electron chi connectivity index (χ3n) is 7.02. The Morgan fingerprint density at radius 1 is 1.00 bits per heavy atom. The van der Waals surface area contributed by atoms with Crippen molar-refractivity contribution in [1.29, 1.82) is 0 Å². The molecule has 5 rings (SSSR count). The number of aliphatic carboxylic acids is 1. The van der Waals surface area contributed by atoms with E-state index in [2.05, 4.69) is 29.6 Å². The Hall–Kier alpha value is -3.39. The van der Waals surface area contributed by atoms with Gasteiger partial charge in [0.15, 0.2) is 5.60 Å². The fourth-order valence-electron chi connectivity index (χ4n) is 5.10. The standard InChI is InChI=1S/C25H26N2O6/c28-22(27-13-25(32,14-27)23(29)30)11-15-9-16(10-15)26-24(31)33-12-21-19-7-3-1-5-17(19)18-6-2-4-8-20(18)21/h1-8,15-16,21,32H,9-14H2,(H,26,31)(H,29,30). The maximum absolute atomic E-state index is 12.4. The second-order valence-electron chi connectivity index (χ2n) is 9.29. The number of nitrogens with one attached hydrogen (secondary N) is 1. The zero-order valence-corrected chi connectivity index (χ0v) is 18.1. The van der Waals surface area contributed by atoms with E-state index in [1.54, 1.807) is 0 Å². The van der Waals surface area contributed by atoms with Gasteiger partial charge in [-0.3, -0.25) is 4.79 Å². The molecule has 3 aliphatic rings. The Morgan fingerprint density at radius 2 is 1.58 bits per heavy atom. The molecule has 0 aromatic heterocycles. The maximum atomic E-state index is 12.4. The lowest BCUT2D eigenvalue weighted by Crippen LogP contribution is -2.67. The van der Waals surface area contributed by atoms with Crippen LogP contribution in [0.2, 0.25) is 0 Å². The Labute approximate surface area is 191 Å². The normalized spacial score (nSPS) is 22.4. The highest BCUT2D eigenvalue weighted by atomic mass is 16.5. The van der Waals surface area contributed by atoms with Crippen LogP contribution in [-0.2, 0) is 14.3 Å². The number of β-amino-alcohol motifs (C(OH)–C–C–N with tert-alkyl or cyclic N) is 1. The number of carboxylic acids is 1. The van der Waals surface area contributed by atoms with Crippen molar-refractivity contribution in [2.75, 3.05) is 19.7 Å². The van der Waals surface area contributed by atoms with Crippen LogP contribution >= 0.6 is 0 Å². The predicted molar refractivity (Wildman–Crippen MR) is 118 cm³/mol. The van der Waals surface area contributed by atoms with E-state index in [9.17, 15) is 19.5 Å². The molecule has 2 amide bonds. The number of likely N-dealkylation sites (tertiary alicyclic amines) is 1. The van der Waals surface area contributed by atoms with Crippen LogP contribution in [-0.4, -0.2) is 64.4 Å². The van der Waals surface area contributed by atoms with Crippen molar-refractivity contribution in [2.45, 2.75) is 36.8 Å². The number of ether oxygens (including phenoxy) is 1. The van der Waals surface area contributed by atoms with Crippen molar-refractivity contribution >= 4 is 18.0 Å². The molecule has 2 fully saturated rings. The SMILES string of the molecule is O=C(NC1CC(CC(=O)N2CC(O)(C(=O)O)C2)C1)OCC1c2ccccc2-c2ccccc21. The van der Waals surface area contributed by atoms with Gasteiger partial charge in [-0.15, -0.1) is 0 Å². The lowest BCUT2D eigenvalue weighted by atomic mass is 9.77. The van der Waals surface area contributed by atoms with E-state index >= 15 is 0 Å². The smallest absolute Gasteiger partial charge is 0.407 e. The first kappa shape index (κ1) is 21.5. The summed E-state index contributed by atoms with van der Waals surface area (Å²) in [5.74, 6) is -1.32. The van der Waals surface area contributed by atoms with Crippen LogP contribution in [0.25, 0.3) is 11.1 Å². The largest absolute Gasteiger partial charge is 0.479 e. The summed E-state index contributed by atoms with van der Waals surface area (Å²) in [5, 5.41) is 21.5. The quantitative estimate of drug-likeness (QED) is 0.622. The van der Waals surface area contributed by atoms with E-state index in [0.29, 0.717) is 19.3 Å². The molecule has 3 N–H and O–H groups in total. The van der Waals surface area contributed by atoms with Gasteiger partial charge in [0.2, 0.25) is 5.91 Å². The minimum absolute atomic E-state index is 0.0101. The van der Waals surface area contributed by atoms with Gasteiger partial charge in [-0.25, -0.2) is 9.59 Å². The van der Waals surface area contributed by atoms with Gasteiger partial charge in [-0.2, -0.15) is 0 Å². The second kappa shape index (κ2) is 8.19. The van der Waals surface area contributed by atoms with Crippen molar-refractivity contribution in [3.05, 3.63) is 59.7 Å². The van der Waals surface area contributed by atoms with Gasteiger partial charge in [-0.1, -0.05) is 48.5 Å². The van der Waals surface area contributed by atoms with Crippen molar-refractivity contribution in [1.82, 2.24) is 10.2 Å². The van der Waals surface area contributed by atoms with E-state index in [4.69, 9.17) is 9.84 Å². The molecule has 1 heterocycles. The Kier molecular flexibility index (Phi) is 5.32. The topological polar surface area (TPSA) is 116 Å². The number of hydrogen-bond donors (Lipinski definition) is 3. The van der Waals surface area contributed by atoms with Gasteiger partial charge < -0.3 is 25.2 Å². The van der Waals surface area contributed by atoms with Crippen LogP contribution in [0.5, 0.6) is 0 Å². The van der Waals surface area contributed by atoms with Gasteiger partial charge in [0.25, 0.3) is 0 Å². The first-order valence-electron chi connectivity index (χ1n) is 11.2. The molecule has 0 bridgehead atoms. The number of carbonyl (C=O) groups is 3. The van der Waals surface area contributed by atoms with E-state index < -0.39 is 17.7 Å². The first-order valence-corrected chi connectivity index (χ1v) is 11.2. The fraction of sp³-hybridized carbons (Fsp3) is 0.400. The predicted octanol–water partition coefficient (Wildman–Crippen LogP) is 2.35. The van der Waals surface area contributed by atoms with Crippen LogP contribution in [0.1, 0.15) is 36.3 Å². The molecule has 33 heavy (non-hydrogen) atoms. The van der Waals surface area contributed by atoms with Crippen molar-refractivity contribution in [2.24, 2.45) is 5.92 Å². The Morgan fingerprint density at radius 3 is 2.15 bits per heavy atom. The number of rotatable bonds is 6. The number of alkyl carbamates (subject to hydrolysis) is 1. The van der Waals surface area contributed by atoms with Gasteiger partial charge in [0.1, 0.15) is 6.61 Å². The number of fused-ring (bicyclic) bond motifs is 3. The second-order valence-corrected chi connectivity index (χ2v) is 9.29. The molecule has 2 aromatic carbocycles. The molecule has 0 unspecified atom stereocenters. The summed E-state index contributed by atoms with van der Waals surface area (Å²) < 4.78 is 5.56. The zero-order valence-electron chi connectivity index (χ0n) is 18.1. The summed E-state index contributed by atoms with van der Waals surface area (Å²) in [4.78, 5) is 36.9. The van der Waals surface area contributed by atoms with Crippen LogP contribution in [0, 0.1) is 5.92 Å². The zero-order chi connectivity index (χ0) is 23.2. The highest BCUT2D eigenvalue weighted by Gasteiger charge is 2.50. The maximum Gasteiger partial charge on any atom is 0.407 e. The molecule has 1 saturated heterocycles. The molecule has 0 spiro atoms. The molecule has 2 aliphatic carbocycles. The molecule has 0 radical (unpaired) electrons. The number of benzene rings is 2. The van der Waals surface area contributed by atoms with E-state index in [1.807, 2.05) is 24.3 Å². The fourth-order valence-corrected chi connectivity index (χ4v) is 5.10. The summed E-state index contributed by atoms with van der Waals surface area (Å²) in [7, 11) is 0. The molecule has 8 heteroatoms. The highest BCUT2D eigenvalue weighted by Crippen LogP contribution is 2.44. The summed E-state index contributed by atoms with van der Waals surface area (Å²) in [6.07, 6.45) is 1.18. The van der Waals surface area contributed by atoms with Crippen LogP contribution in [0.4, 0.5) is 4.79 Å². The first-order chi connectivity index (χ1) is 15.8. The van der Waals surface area contributed by atoms with Crippen LogP contribution < -0.4 is 5.32 Å². The monoisotopic (exact) mass is 450 g/mol. The average Bonchev–Trinajstić information content (AvgIpc) is 3.07. The van der Waals surface area contributed by atoms with E-state index in [0.717, 1.165) is 11.1 Å². The van der Waals surface area contributed by atoms with E-state index in [1.165, 1.54) is 16.0 Å². The van der Waals surface area contributed by atoms with Gasteiger partial charge >= 0.3 is 12.1 Å². The third-order valence-corrected chi connectivity index (χ3v) is 7.02. The minimum atomic E-state index is -1.82. The van der Waals surface area contributed by atoms with Crippen molar-refractivity contribution in [3.63, 3.8) is 0 Å². The molecule has 1 saturated carbocycles. The highest BCUT2D eigenvalue weighted by molar-refractivity contribution is 5.85. The third kappa shape index (κ3) is 3.95. The number of hydrogen-bond acceptors (Lipinski definition) is 5.